The van der Waals surface area contributed by atoms with Gasteiger partial charge < -0.3 is 14.2 Å². The molecule has 1 N–H and O–H groups in total. The number of nitrogens with zero attached hydrogens (tertiary/aromatic N) is 1. The molecule has 0 saturated carbocycles. The predicted molar refractivity (Wildman–Crippen MR) is 160 cm³/mol. The van der Waals surface area contributed by atoms with Crippen molar-refractivity contribution in [3.8, 4) is 17.2 Å². The van der Waals surface area contributed by atoms with Crippen molar-refractivity contribution in [2.45, 2.75) is 11.8 Å². The minimum atomic E-state index is -0.817. The summed E-state index contributed by atoms with van der Waals surface area (Å²) in [5.41, 5.74) is 0.684. The summed E-state index contributed by atoms with van der Waals surface area (Å²) in [5.74, 6) is 0.852. The van der Waals surface area contributed by atoms with Gasteiger partial charge in [0.1, 0.15) is 11.3 Å². The molecule has 0 aliphatic carbocycles. The Morgan fingerprint density at radius 2 is 1.66 bits per heavy atom. The van der Waals surface area contributed by atoms with E-state index in [4.69, 9.17) is 14.2 Å². The molecule has 4 aromatic rings. The first-order valence-corrected chi connectivity index (χ1v) is 14.0. The Morgan fingerprint density at radius 1 is 0.878 bits per heavy atom. The molecule has 0 aromatic heterocycles. The molecule has 0 atom stereocenters. The number of barbiturate groups is 1. The Bertz CT molecular complexity index is 1630. The van der Waals surface area contributed by atoms with Gasteiger partial charge in [-0.15, -0.1) is 11.8 Å². The van der Waals surface area contributed by atoms with Crippen molar-refractivity contribution in [3.63, 3.8) is 0 Å². The van der Waals surface area contributed by atoms with Gasteiger partial charge in [-0.3, -0.25) is 14.9 Å². The number of rotatable bonds is 10. The van der Waals surface area contributed by atoms with Crippen molar-refractivity contribution in [2.24, 2.45) is 0 Å². The summed E-state index contributed by atoms with van der Waals surface area (Å²) in [6, 6.07) is 25.3. The highest BCUT2D eigenvalue weighted by Crippen LogP contribution is 2.32. The quantitative estimate of drug-likeness (QED) is 0.107. The van der Waals surface area contributed by atoms with Crippen LogP contribution in [0.15, 0.2) is 95.4 Å². The van der Waals surface area contributed by atoms with Crippen LogP contribution in [0.2, 0.25) is 0 Å². The van der Waals surface area contributed by atoms with Crippen LogP contribution in [0.1, 0.15) is 12.5 Å². The highest BCUT2D eigenvalue weighted by atomic mass is 32.2. The molecular formula is C32H28N2O6S. The van der Waals surface area contributed by atoms with Crippen molar-refractivity contribution in [3.05, 3.63) is 96.1 Å². The minimum Gasteiger partial charge on any atom is -0.497 e. The Labute approximate surface area is 241 Å². The maximum atomic E-state index is 13.2. The molecule has 1 fully saturated rings. The zero-order valence-electron chi connectivity index (χ0n) is 22.6. The third kappa shape index (κ3) is 6.20. The molecule has 0 unspecified atom stereocenters. The molecule has 5 rings (SSSR count). The molecule has 1 saturated heterocycles. The zero-order valence-corrected chi connectivity index (χ0v) is 23.4. The molecule has 0 radical (unpaired) electrons. The van der Waals surface area contributed by atoms with E-state index in [0.717, 1.165) is 10.7 Å². The van der Waals surface area contributed by atoms with E-state index in [0.29, 0.717) is 41.7 Å². The van der Waals surface area contributed by atoms with Crippen LogP contribution in [0.4, 0.5) is 10.5 Å². The number of urea groups is 1. The second kappa shape index (κ2) is 12.6. The Kier molecular flexibility index (Phi) is 8.55. The Hall–Kier alpha value is -4.76. The maximum Gasteiger partial charge on any atom is 0.335 e. The Balaban J connectivity index is 1.30. The highest BCUT2D eigenvalue weighted by molar-refractivity contribution is 7.99. The normalized spacial score (nSPS) is 14.3. The van der Waals surface area contributed by atoms with Crippen molar-refractivity contribution in [1.82, 2.24) is 5.32 Å². The van der Waals surface area contributed by atoms with Crippen LogP contribution in [-0.4, -0.2) is 43.9 Å². The van der Waals surface area contributed by atoms with Crippen molar-refractivity contribution in [2.75, 3.05) is 31.0 Å². The van der Waals surface area contributed by atoms with Gasteiger partial charge in [-0.1, -0.05) is 42.5 Å². The predicted octanol–water partition coefficient (Wildman–Crippen LogP) is 6.08. The number of benzene rings is 4. The van der Waals surface area contributed by atoms with E-state index in [9.17, 15) is 14.4 Å². The number of carbonyl (C=O) groups is 3. The average molecular weight is 569 g/mol. The van der Waals surface area contributed by atoms with Crippen LogP contribution in [0, 0.1) is 0 Å². The average Bonchev–Trinajstić information content (AvgIpc) is 2.99. The maximum absolute atomic E-state index is 13.2. The molecular weight excluding hydrogens is 540 g/mol. The number of imide groups is 2. The number of hydrogen-bond donors (Lipinski definition) is 1. The summed E-state index contributed by atoms with van der Waals surface area (Å²) in [6.07, 6.45) is 1.43. The van der Waals surface area contributed by atoms with E-state index >= 15 is 0 Å². The lowest BCUT2D eigenvalue weighted by molar-refractivity contribution is -0.122. The molecule has 1 heterocycles. The molecule has 8 nitrogen and oxygen atoms in total. The molecule has 1 aliphatic rings. The fourth-order valence-corrected chi connectivity index (χ4v) is 5.32. The zero-order chi connectivity index (χ0) is 28.8. The second-order valence-electron chi connectivity index (χ2n) is 8.97. The monoisotopic (exact) mass is 568 g/mol. The highest BCUT2D eigenvalue weighted by Gasteiger charge is 2.36. The largest absolute Gasteiger partial charge is 0.497 e. The van der Waals surface area contributed by atoms with Crippen molar-refractivity contribution >= 4 is 52.1 Å². The summed E-state index contributed by atoms with van der Waals surface area (Å²) in [7, 11) is 1.52. The van der Waals surface area contributed by atoms with Crippen LogP contribution in [0.3, 0.4) is 0 Å². The third-order valence-electron chi connectivity index (χ3n) is 6.36. The number of amides is 4. The first-order valence-electron chi connectivity index (χ1n) is 13.0. The topological polar surface area (TPSA) is 94.2 Å². The number of anilines is 1. The number of hydrogen-bond acceptors (Lipinski definition) is 7. The van der Waals surface area contributed by atoms with Gasteiger partial charge in [0, 0.05) is 10.6 Å². The van der Waals surface area contributed by atoms with Gasteiger partial charge in [0.25, 0.3) is 11.8 Å². The van der Waals surface area contributed by atoms with Crippen molar-refractivity contribution < 1.29 is 28.6 Å². The van der Waals surface area contributed by atoms with E-state index < -0.39 is 17.8 Å². The molecule has 208 valence electrons. The van der Waals surface area contributed by atoms with Crippen LogP contribution >= 0.6 is 11.8 Å². The molecule has 0 bridgehead atoms. The van der Waals surface area contributed by atoms with Crippen LogP contribution in [-0.2, 0) is 9.59 Å². The second-order valence-corrected chi connectivity index (χ2v) is 10.1. The first kappa shape index (κ1) is 27.8. The molecule has 9 heteroatoms. The van der Waals surface area contributed by atoms with Gasteiger partial charge in [-0.25, -0.2) is 9.69 Å². The minimum absolute atomic E-state index is 0.178. The van der Waals surface area contributed by atoms with E-state index in [1.54, 1.807) is 54.2 Å². The van der Waals surface area contributed by atoms with Gasteiger partial charge in [0.05, 0.1) is 26.0 Å². The lowest BCUT2D eigenvalue weighted by Crippen LogP contribution is -2.54. The van der Waals surface area contributed by atoms with Gasteiger partial charge >= 0.3 is 6.03 Å². The van der Waals surface area contributed by atoms with E-state index in [1.807, 2.05) is 19.1 Å². The first-order chi connectivity index (χ1) is 20.0. The molecule has 4 amide bonds. The van der Waals surface area contributed by atoms with E-state index in [1.165, 1.54) is 28.9 Å². The molecule has 4 aromatic carbocycles. The number of carbonyl (C=O) groups excluding carboxylic acids is 3. The van der Waals surface area contributed by atoms with E-state index in [-0.39, 0.29) is 5.57 Å². The SMILES string of the molecule is CCOc1cc(/C=C2\C(=O)NC(=O)N(c3ccc(OC)cc3)C2=O)ccc1OCCSc1cccc2ccccc12. The number of thioether (sulfide) groups is 1. The fourth-order valence-electron chi connectivity index (χ4n) is 4.42. The summed E-state index contributed by atoms with van der Waals surface area (Å²) < 4.78 is 17.0. The lowest BCUT2D eigenvalue weighted by Gasteiger charge is -2.26. The van der Waals surface area contributed by atoms with Crippen LogP contribution in [0.25, 0.3) is 16.8 Å². The molecule has 41 heavy (non-hydrogen) atoms. The molecule has 0 spiro atoms. The summed E-state index contributed by atoms with van der Waals surface area (Å²) in [5, 5.41) is 4.64. The number of fused-ring (bicyclic) bond motifs is 1. The van der Waals surface area contributed by atoms with Gasteiger partial charge in [0.15, 0.2) is 11.5 Å². The summed E-state index contributed by atoms with van der Waals surface area (Å²) >= 11 is 1.72. The Morgan fingerprint density at radius 3 is 2.44 bits per heavy atom. The van der Waals surface area contributed by atoms with Gasteiger partial charge in [-0.2, -0.15) is 0 Å². The van der Waals surface area contributed by atoms with Gasteiger partial charge in [0.2, 0.25) is 0 Å². The third-order valence-corrected chi connectivity index (χ3v) is 7.40. The number of nitrogens with one attached hydrogen (secondary N) is 1. The van der Waals surface area contributed by atoms with Crippen LogP contribution in [0.5, 0.6) is 17.2 Å². The van der Waals surface area contributed by atoms with Crippen LogP contribution < -0.4 is 24.4 Å². The molecule has 1 aliphatic heterocycles. The van der Waals surface area contributed by atoms with Gasteiger partial charge in [-0.05, 0) is 71.8 Å². The number of methoxy groups -OCH3 is 1. The van der Waals surface area contributed by atoms with Crippen molar-refractivity contribution in [1.29, 1.82) is 0 Å². The smallest absolute Gasteiger partial charge is 0.335 e. The van der Waals surface area contributed by atoms with E-state index in [2.05, 4.69) is 35.6 Å². The fraction of sp³-hybridized carbons (Fsp3) is 0.156. The summed E-state index contributed by atoms with van der Waals surface area (Å²) in [4.78, 5) is 40.5. The summed E-state index contributed by atoms with van der Waals surface area (Å²) in [6.45, 7) is 2.72. The standard InChI is InChI=1S/C32H28N2O6S/c1-3-39-28-20-21(11-16-27(28)40-17-18-41-29-10-6-8-22-7-4-5-9-25(22)29)19-26-30(35)33-32(37)34(31(26)36)23-12-14-24(38-2)15-13-23/h4-16,19-20H,3,17-18H2,1-2H3,(H,33,35,37)/b26-19+. The lowest BCUT2D eigenvalue weighted by atomic mass is 10.1. The number of ether oxygens (including phenoxy) is 3.